The Hall–Kier alpha value is -1.33. The Labute approximate surface area is 158 Å². The van der Waals surface area contributed by atoms with Crippen molar-refractivity contribution in [2.75, 3.05) is 6.54 Å². The second-order valence-electron chi connectivity index (χ2n) is 5.59. The maximum absolute atomic E-state index is 13.2. The molecule has 6 heteroatoms. The van der Waals surface area contributed by atoms with Gasteiger partial charge in [0.2, 0.25) is 0 Å². The molecule has 4 rings (SSSR count). The number of amides is 1. The topological polar surface area (TPSA) is 20.3 Å². The van der Waals surface area contributed by atoms with E-state index in [4.69, 9.17) is 23.2 Å². The average Bonchev–Trinajstić information content (AvgIpc) is 3.26. The molecular weight excluding hydrogens is 381 g/mol. The predicted octanol–water partition coefficient (Wildman–Crippen LogP) is 5.90. The number of carbonyl (C=O) groups is 1. The van der Waals surface area contributed by atoms with Gasteiger partial charge in [0.05, 0.1) is 16.6 Å². The summed E-state index contributed by atoms with van der Waals surface area (Å²) < 4.78 is 0. The molecule has 3 heterocycles. The summed E-state index contributed by atoms with van der Waals surface area (Å²) in [5.74, 6) is -0.0715. The zero-order valence-electron chi connectivity index (χ0n) is 12.5. The van der Waals surface area contributed by atoms with Crippen molar-refractivity contribution in [2.24, 2.45) is 0 Å². The molecule has 0 spiro atoms. The molecule has 0 fully saturated rings. The molecule has 0 saturated heterocycles. The summed E-state index contributed by atoms with van der Waals surface area (Å²) in [5, 5.41) is 5.10. The van der Waals surface area contributed by atoms with Gasteiger partial charge in [-0.3, -0.25) is 4.79 Å². The summed E-state index contributed by atoms with van der Waals surface area (Å²) in [4.78, 5) is 17.6. The third-order valence-electron chi connectivity index (χ3n) is 4.20. The van der Waals surface area contributed by atoms with Gasteiger partial charge in [-0.15, -0.1) is 22.7 Å². The van der Waals surface area contributed by atoms with Gasteiger partial charge in [-0.2, -0.15) is 0 Å². The molecule has 0 radical (unpaired) electrons. The number of hydrogen-bond acceptors (Lipinski definition) is 3. The maximum Gasteiger partial charge on any atom is 0.256 e. The molecule has 1 amide bonds. The van der Waals surface area contributed by atoms with Crippen LogP contribution in [0.3, 0.4) is 0 Å². The van der Waals surface area contributed by atoms with Crippen LogP contribution in [0, 0.1) is 0 Å². The zero-order chi connectivity index (χ0) is 16.7. The zero-order valence-corrected chi connectivity index (χ0v) is 15.7. The van der Waals surface area contributed by atoms with E-state index in [1.54, 1.807) is 40.9 Å². The van der Waals surface area contributed by atoms with Crippen molar-refractivity contribution in [1.82, 2.24) is 4.90 Å². The van der Waals surface area contributed by atoms with Crippen LogP contribution in [0.15, 0.2) is 47.2 Å². The smallest absolute Gasteiger partial charge is 0.256 e. The Morgan fingerprint density at radius 2 is 2.00 bits per heavy atom. The monoisotopic (exact) mass is 393 g/mol. The number of hydrogen-bond donors (Lipinski definition) is 0. The molecule has 1 atom stereocenters. The fourth-order valence-electron chi connectivity index (χ4n) is 3.10. The highest BCUT2D eigenvalue weighted by Gasteiger charge is 2.34. The summed E-state index contributed by atoms with van der Waals surface area (Å²) >= 11 is 15.8. The summed E-state index contributed by atoms with van der Waals surface area (Å²) in [7, 11) is 0. The van der Waals surface area contributed by atoms with Crippen LogP contribution in [0.2, 0.25) is 10.0 Å². The molecule has 2 nitrogen and oxygen atoms in total. The number of carbonyl (C=O) groups excluding carboxylic acids is 1. The number of benzene rings is 1. The molecule has 122 valence electrons. The van der Waals surface area contributed by atoms with E-state index in [2.05, 4.69) is 17.5 Å². The average molecular weight is 394 g/mol. The molecule has 0 aliphatic carbocycles. The van der Waals surface area contributed by atoms with Crippen molar-refractivity contribution in [3.05, 3.63) is 78.1 Å². The molecule has 2 aromatic heterocycles. The molecule has 24 heavy (non-hydrogen) atoms. The van der Waals surface area contributed by atoms with Crippen LogP contribution in [-0.2, 0) is 6.42 Å². The largest absolute Gasteiger partial charge is 0.326 e. The lowest BCUT2D eigenvalue weighted by Crippen LogP contribution is -2.39. The van der Waals surface area contributed by atoms with E-state index >= 15 is 0 Å². The van der Waals surface area contributed by atoms with Gasteiger partial charge in [-0.25, -0.2) is 0 Å². The van der Waals surface area contributed by atoms with E-state index in [0.717, 1.165) is 6.42 Å². The Morgan fingerprint density at radius 3 is 2.79 bits per heavy atom. The van der Waals surface area contributed by atoms with Crippen molar-refractivity contribution < 1.29 is 4.79 Å². The molecule has 1 aromatic carbocycles. The number of fused-ring (bicyclic) bond motifs is 1. The molecule has 1 aliphatic rings. The van der Waals surface area contributed by atoms with E-state index < -0.39 is 0 Å². The van der Waals surface area contributed by atoms with E-state index in [1.807, 2.05) is 16.3 Å². The van der Waals surface area contributed by atoms with Crippen molar-refractivity contribution in [2.45, 2.75) is 12.5 Å². The van der Waals surface area contributed by atoms with Gasteiger partial charge in [0.25, 0.3) is 5.91 Å². The van der Waals surface area contributed by atoms with Gasteiger partial charge < -0.3 is 4.90 Å². The third-order valence-corrected chi connectivity index (χ3v) is 6.68. The van der Waals surface area contributed by atoms with Crippen molar-refractivity contribution in [1.29, 1.82) is 0 Å². The number of nitrogens with zero attached hydrogens (tertiary/aromatic N) is 1. The minimum absolute atomic E-state index is 0.0532. The molecule has 0 saturated carbocycles. The Balaban J connectivity index is 1.79. The normalized spacial score (nSPS) is 16.9. The fraction of sp³-hybridized carbons (Fsp3) is 0.167. The Morgan fingerprint density at radius 1 is 1.12 bits per heavy atom. The van der Waals surface area contributed by atoms with Crippen LogP contribution in [0.5, 0.6) is 0 Å². The van der Waals surface area contributed by atoms with E-state index in [9.17, 15) is 4.79 Å². The summed E-state index contributed by atoms with van der Waals surface area (Å²) in [6.07, 6.45) is 0.874. The number of halogens is 2. The fourth-order valence-corrected chi connectivity index (χ4v) is 5.23. The predicted molar refractivity (Wildman–Crippen MR) is 102 cm³/mol. The molecule has 0 bridgehead atoms. The molecule has 3 aromatic rings. The first-order valence-corrected chi connectivity index (χ1v) is 10.0. The maximum atomic E-state index is 13.2. The third kappa shape index (κ3) is 2.78. The molecule has 0 N–H and O–H groups in total. The second-order valence-corrected chi connectivity index (χ2v) is 8.41. The Kier molecular flexibility index (Phi) is 4.39. The first-order valence-electron chi connectivity index (χ1n) is 7.51. The lowest BCUT2D eigenvalue weighted by Gasteiger charge is -2.35. The standard InChI is InChI=1S/C18H13Cl2NOS2/c19-11-3-4-14(20)13(10-11)18(22)21-7-5-15-12(6-9-24-15)17(21)16-2-1-8-23-16/h1-4,6,8-10,17H,5,7H2. The van der Waals surface area contributed by atoms with Crippen molar-refractivity contribution in [3.8, 4) is 0 Å². The van der Waals surface area contributed by atoms with Gasteiger partial charge >= 0.3 is 0 Å². The van der Waals surface area contributed by atoms with Gasteiger partial charge in [0.15, 0.2) is 0 Å². The summed E-state index contributed by atoms with van der Waals surface area (Å²) in [5.41, 5.74) is 1.68. The lowest BCUT2D eigenvalue weighted by atomic mass is 9.97. The van der Waals surface area contributed by atoms with Crippen LogP contribution >= 0.6 is 45.9 Å². The quantitative estimate of drug-likeness (QED) is 0.530. The van der Waals surface area contributed by atoms with Crippen LogP contribution in [0.1, 0.15) is 31.7 Å². The van der Waals surface area contributed by atoms with Crippen LogP contribution in [0.25, 0.3) is 0 Å². The molecular formula is C18H13Cl2NOS2. The second kappa shape index (κ2) is 6.52. The van der Waals surface area contributed by atoms with E-state index in [1.165, 1.54) is 15.3 Å². The van der Waals surface area contributed by atoms with E-state index in [-0.39, 0.29) is 11.9 Å². The van der Waals surface area contributed by atoms with Crippen LogP contribution in [0.4, 0.5) is 0 Å². The number of rotatable bonds is 2. The van der Waals surface area contributed by atoms with Gasteiger partial charge in [-0.05, 0) is 53.1 Å². The van der Waals surface area contributed by atoms with Crippen LogP contribution in [-0.4, -0.2) is 17.4 Å². The number of thiophene rings is 2. The van der Waals surface area contributed by atoms with Gasteiger partial charge in [0.1, 0.15) is 0 Å². The first kappa shape index (κ1) is 16.2. The van der Waals surface area contributed by atoms with E-state index in [0.29, 0.717) is 22.2 Å². The van der Waals surface area contributed by atoms with Crippen LogP contribution < -0.4 is 0 Å². The highest BCUT2D eigenvalue weighted by molar-refractivity contribution is 7.10. The Bertz CT molecular complexity index is 888. The van der Waals surface area contributed by atoms with Crippen molar-refractivity contribution in [3.63, 3.8) is 0 Å². The summed E-state index contributed by atoms with van der Waals surface area (Å²) in [6, 6.07) is 11.2. The minimum Gasteiger partial charge on any atom is -0.326 e. The van der Waals surface area contributed by atoms with Crippen molar-refractivity contribution >= 4 is 51.8 Å². The molecule has 1 unspecified atom stereocenters. The highest BCUT2D eigenvalue weighted by atomic mass is 35.5. The van der Waals surface area contributed by atoms with Gasteiger partial charge in [-0.1, -0.05) is 29.3 Å². The highest BCUT2D eigenvalue weighted by Crippen LogP contribution is 2.40. The lowest BCUT2D eigenvalue weighted by molar-refractivity contribution is 0.0699. The SMILES string of the molecule is O=C(c1cc(Cl)ccc1Cl)N1CCc2sccc2C1c1cccs1. The molecule has 1 aliphatic heterocycles. The summed E-state index contributed by atoms with van der Waals surface area (Å²) in [6.45, 7) is 0.678. The minimum atomic E-state index is -0.0715. The first-order chi connectivity index (χ1) is 11.6. The van der Waals surface area contributed by atoms with Gasteiger partial charge in [0, 0.05) is 21.3 Å².